The van der Waals surface area contributed by atoms with Gasteiger partial charge in [0, 0.05) is 61.4 Å². The smallest absolute Gasteiger partial charge is 0.224 e. The lowest BCUT2D eigenvalue weighted by Gasteiger charge is -2.32. The zero-order valence-corrected chi connectivity index (χ0v) is 15.6. The van der Waals surface area contributed by atoms with Crippen LogP contribution in [0.25, 0.3) is 0 Å². The zero-order valence-electron chi connectivity index (χ0n) is 14.7. The van der Waals surface area contributed by atoms with Crippen LogP contribution in [0.4, 0.5) is 0 Å². The molecule has 0 radical (unpaired) electrons. The molecule has 1 atom stereocenters. The molecule has 130 valence electrons. The Labute approximate surface area is 147 Å². The first-order chi connectivity index (χ1) is 11.5. The number of aryl methyl sites for hydroxylation is 2. The molecule has 1 aliphatic rings. The van der Waals surface area contributed by atoms with Crippen molar-refractivity contribution >= 4 is 17.2 Å². The van der Waals surface area contributed by atoms with E-state index in [1.165, 1.54) is 9.88 Å². The van der Waals surface area contributed by atoms with Crippen LogP contribution in [0.1, 0.15) is 60.7 Å². The number of carbonyl (C=O) groups excluding carboxylic acids is 1. The standard InChI is InChI=1S/C18H26N4OS/c1-13(2)17-19-7-10-21(17)9-6-16(23)22-8-4-5-15(12-22)18-20-11-14(3)24-18/h7,10-11,13,15H,4-6,8-9,12H2,1-3H3/t15-/m1/s1. The maximum absolute atomic E-state index is 12.6. The van der Waals surface area contributed by atoms with E-state index in [0.717, 1.165) is 31.8 Å². The molecule has 2 aromatic rings. The molecule has 0 unspecified atom stereocenters. The van der Waals surface area contributed by atoms with Gasteiger partial charge in [-0.2, -0.15) is 0 Å². The van der Waals surface area contributed by atoms with Gasteiger partial charge >= 0.3 is 0 Å². The Hall–Kier alpha value is -1.69. The van der Waals surface area contributed by atoms with E-state index >= 15 is 0 Å². The predicted octanol–water partition coefficient (Wildman–Crippen LogP) is 3.57. The Morgan fingerprint density at radius 1 is 1.42 bits per heavy atom. The second-order valence-electron chi connectivity index (χ2n) is 6.87. The van der Waals surface area contributed by atoms with Crippen LogP contribution < -0.4 is 0 Å². The first-order valence-corrected chi connectivity index (χ1v) is 9.57. The summed E-state index contributed by atoms with van der Waals surface area (Å²) in [6.07, 6.45) is 8.47. The molecule has 6 heteroatoms. The summed E-state index contributed by atoms with van der Waals surface area (Å²) in [5.74, 6) is 2.08. The van der Waals surface area contributed by atoms with Crippen LogP contribution in [0, 0.1) is 6.92 Å². The van der Waals surface area contributed by atoms with E-state index < -0.39 is 0 Å². The highest BCUT2D eigenvalue weighted by Crippen LogP contribution is 2.30. The Kier molecular flexibility index (Phi) is 5.33. The Morgan fingerprint density at radius 2 is 2.25 bits per heavy atom. The zero-order chi connectivity index (χ0) is 17.1. The number of hydrogen-bond acceptors (Lipinski definition) is 4. The highest BCUT2D eigenvalue weighted by molar-refractivity contribution is 7.11. The molecule has 1 saturated heterocycles. The van der Waals surface area contributed by atoms with Crippen molar-refractivity contribution in [3.8, 4) is 0 Å². The van der Waals surface area contributed by atoms with Crippen molar-refractivity contribution in [3.05, 3.63) is 34.3 Å². The molecule has 0 bridgehead atoms. The van der Waals surface area contributed by atoms with Crippen LogP contribution in [0.5, 0.6) is 0 Å². The second-order valence-corrected chi connectivity index (χ2v) is 8.14. The number of thiazole rings is 1. The molecule has 5 nitrogen and oxygen atoms in total. The van der Waals surface area contributed by atoms with Gasteiger partial charge in [0.25, 0.3) is 0 Å². The molecule has 0 N–H and O–H groups in total. The van der Waals surface area contributed by atoms with Gasteiger partial charge in [-0.1, -0.05) is 13.8 Å². The summed E-state index contributed by atoms with van der Waals surface area (Å²) in [5, 5.41) is 1.18. The minimum absolute atomic E-state index is 0.247. The maximum Gasteiger partial charge on any atom is 0.224 e. The van der Waals surface area contributed by atoms with Crippen molar-refractivity contribution in [2.24, 2.45) is 0 Å². The summed E-state index contributed by atoms with van der Waals surface area (Å²) in [6.45, 7) is 8.75. The molecule has 24 heavy (non-hydrogen) atoms. The highest BCUT2D eigenvalue weighted by Gasteiger charge is 2.26. The molecule has 3 rings (SSSR count). The number of aromatic nitrogens is 3. The van der Waals surface area contributed by atoms with Crippen LogP contribution in [0.15, 0.2) is 18.6 Å². The van der Waals surface area contributed by atoms with Gasteiger partial charge in [0.1, 0.15) is 5.82 Å². The largest absolute Gasteiger partial charge is 0.342 e. The summed E-state index contributed by atoms with van der Waals surface area (Å²) < 4.78 is 2.11. The molecule has 0 spiro atoms. The van der Waals surface area contributed by atoms with Crippen molar-refractivity contribution in [2.75, 3.05) is 13.1 Å². The number of imidazole rings is 1. The van der Waals surface area contributed by atoms with Crippen molar-refractivity contribution < 1.29 is 4.79 Å². The number of piperidine rings is 1. The molecule has 3 heterocycles. The summed E-state index contributed by atoms with van der Waals surface area (Å²) in [4.78, 5) is 24.8. The average molecular weight is 347 g/mol. The van der Waals surface area contributed by atoms with Gasteiger partial charge in [0.05, 0.1) is 5.01 Å². The third-order valence-electron chi connectivity index (χ3n) is 4.59. The minimum Gasteiger partial charge on any atom is -0.342 e. The van der Waals surface area contributed by atoms with Gasteiger partial charge in [0.2, 0.25) is 5.91 Å². The molecule has 0 aromatic carbocycles. The highest BCUT2D eigenvalue weighted by atomic mass is 32.1. The fraction of sp³-hybridized carbons (Fsp3) is 0.611. The first kappa shape index (κ1) is 17.1. The van der Waals surface area contributed by atoms with Gasteiger partial charge in [-0.05, 0) is 19.8 Å². The van der Waals surface area contributed by atoms with E-state index in [-0.39, 0.29) is 5.91 Å². The van der Waals surface area contributed by atoms with E-state index in [1.54, 1.807) is 11.3 Å². The van der Waals surface area contributed by atoms with Crippen molar-refractivity contribution in [1.29, 1.82) is 0 Å². The van der Waals surface area contributed by atoms with E-state index in [1.807, 2.05) is 23.5 Å². The van der Waals surface area contributed by atoms with Gasteiger partial charge < -0.3 is 9.47 Å². The lowest BCUT2D eigenvalue weighted by Crippen LogP contribution is -2.39. The molecule has 0 saturated carbocycles. The molecule has 1 aliphatic heterocycles. The fourth-order valence-corrected chi connectivity index (χ4v) is 4.25. The molecule has 1 amide bonds. The van der Waals surface area contributed by atoms with Crippen LogP contribution in [-0.2, 0) is 11.3 Å². The summed E-state index contributed by atoms with van der Waals surface area (Å²) in [7, 11) is 0. The number of amides is 1. The third kappa shape index (κ3) is 3.86. The predicted molar refractivity (Wildman–Crippen MR) is 96.3 cm³/mol. The number of likely N-dealkylation sites (tertiary alicyclic amines) is 1. The van der Waals surface area contributed by atoms with Crippen LogP contribution in [-0.4, -0.2) is 38.4 Å². The molecule has 2 aromatic heterocycles. The van der Waals surface area contributed by atoms with Crippen LogP contribution >= 0.6 is 11.3 Å². The lowest BCUT2D eigenvalue weighted by atomic mass is 9.98. The summed E-state index contributed by atoms with van der Waals surface area (Å²) in [6, 6.07) is 0. The normalized spacial score (nSPS) is 18.3. The van der Waals surface area contributed by atoms with Gasteiger partial charge in [0.15, 0.2) is 0 Å². The number of carbonyl (C=O) groups is 1. The topological polar surface area (TPSA) is 51.0 Å². The molecular formula is C18H26N4OS. The van der Waals surface area contributed by atoms with E-state index in [2.05, 4.69) is 35.3 Å². The Morgan fingerprint density at radius 3 is 2.96 bits per heavy atom. The molecule has 1 fully saturated rings. The van der Waals surface area contributed by atoms with E-state index in [0.29, 0.717) is 24.8 Å². The Balaban J connectivity index is 1.57. The fourth-order valence-electron chi connectivity index (χ4n) is 3.35. The maximum atomic E-state index is 12.6. The van der Waals surface area contributed by atoms with E-state index in [4.69, 9.17) is 0 Å². The van der Waals surface area contributed by atoms with Gasteiger partial charge in [-0.3, -0.25) is 4.79 Å². The average Bonchev–Trinajstić information content (AvgIpc) is 3.21. The third-order valence-corrected chi connectivity index (χ3v) is 5.67. The molecule has 0 aliphatic carbocycles. The van der Waals surface area contributed by atoms with E-state index in [9.17, 15) is 4.79 Å². The summed E-state index contributed by atoms with van der Waals surface area (Å²) >= 11 is 1.76. The number of nitrogens with zero attached hydrogens (tertiary/aromatic N) is 4. The summed E-state index contributed by atoms with van der Waals surface area (Å²) in [5.41, 5.74) is 0. The first-order valence-electron chi connectivity index (χ1n) is 8.75. The minimum atomic E-state index is 0.247. The Bertz CT molecular complexity index is 691. The second kappa shape index (κ2) is 7.47. The monoisotopic (exact) mass is 346 g/mol. The number of rotatable bonds is 5. The van der Waals surface area contributed by atoms with Crippen LogP contribution in [0.2, 0.25) is 0 Å². The van der Waals surface area contributed by atoms with Crippen LogP contribution in [0.3, 0.4) is 0 Å². The van der Waals surface area contributed by atoms with Gasteiger partial charge in [-0.15, -0.1) is 11.3 Å². The van der Waals surface area contributed by atoms with Crippen molar-refractivity contribution in [2.45, 2.75) is 58.4 Å². The van der Waals surface area contributed by atoms with Crippen molar-refractivity contribution in [1.82, 2.24) is 19.4 Å². The SMILES string of the molecule is Cc1cnc([C@@H]2CCCN(C(=O)CCn3ccnc3C(C)C)C2)s1. The van der Waals surface area contributed by atoms with Gasteiger partial charge in [-0.25, -0.2) is 9.97 Å². The van der Waals surface area contributed by atoms with Crippen molar-refractivity contribution in [3.63, 3.8) is 0 Å². The lowest BCUT2D eigenvalue weighted by molar-refractivity contribution is -0.132. The quantitative estimate of drug-likeness (QED) is 0.832. The number of hydrogen-bond donors (Lipinski definition) is 0. The molecular weight excluding hydrogens is 320 g/mol.